The van der Waals surface area contributed by atoms with Gasteiger partial charge in [0, 0.05) is 41.3 Å². The van der Waals surface area contributed by atoms with Gasteiger partial charge in [-0.25, -0.2) is 0 Å². The second-order valence-corrected chi connectivity index (χ2v) is 7.82. The summed E-state index contributed by atoms with van der Waals surface area (Å²) in [5.74, 6) is 0.720. The number of carbonyl (C=O) groups is 1. The van der Waals surface area contributed by atoms with Gasteiger partial charge in [-0.3, -0.25) is 9.69 Å². The highest BCUT2D eigenvalue weighted by atomic mass is 35.5. The maximum absolute atomic E-state index is 12.7. The van der Waals surface area contributed by atoms with Crippen LogP contribution in [0.1, 0.15) is 12.5 Å². The fourth-order valence-corrected chi connectivity index (χ4v) is 4.04. The van der Waals surface area contributed by atoms with Crippen LogP contribution in [0.4, 0.5) is 0 Å². The zero-order chi connectivity index (χ0) is 21.3. The molecule has 0 saturated carbocycles. The number of aromatic nitrogens is 1. The largest absolute Gasteiger partial charge is 0.492 e. The Bertz CT molecular complexity index is 1140. The first kappa shape index (κ1) is 20.4. The van der Waals surface area contributed by atoms with Crippen molar-refractivity contribution < 1.29 is 9.53 Å². The Kier molecular flexibility index (Phi) is 5.79. The van der Waals surface area contributed by atoms with Crippen molar-refractivity contribution in [3.8, 4) is 5.75 Å². The molecule has 0 unspecified atom stereocenters. The molecular weight excluding hydrogens is 418 g/mol. The van der Waals surface area contributed by atoms with Crippen molar-refractivity contribution in [2.45, 2.75) is 13.5 Å². The van der Waals surface area contributed by atoms with Gasteiger partial charge in [0.05, 0.1) is 6.54 Å². The third-order valence-corrected chi connectivity index (χ3v) is 5.93. The molecule has 7 heteroatoms. The number of amides is 1. The quantitative estimate of drug-likeness (QED) is 0.408. The molecule has 0 aliphatic carbocycles. The van der Waals surface area contributed by atoms with Crippen LogP contribution in [0.15, 0.2) is 60.4 Å². The fourth-order valence-electron chi connectivity index (χ4n) is 3.61. The first-order valence-corrected chi connectivity index (χ1v) is 10.6. The van der Waals surface area contributed by atoms with Crippen molar-refractivity contribution in [3.63, 3.8) is 0 Å². The molecule has 2 aromatic carbocycles. The molecule has 30 heavy (non-hydrogen) atoms. The van der Waals surface area contributed by atoms with Crippen LogP contribution in [0.2, 0.25) is 5.02 Å². The average Bonchev–Trinajstić information content (AvgIpc) is 3.20. The monoisotopic (exact) mass is 439 g/mol. The van der Waals surface area contributed by atoms with Crippen molar-refractivity contribution in [2.75, 3.05) is 20.2 Å². The SMILES string of the molecule is CCN1C(=O)/C(=C\c2cn(CCOc3ccc(Cl)cc3)c3ccccc23)N(C)C1=S. The lowest BCUT2D eigenvalue weighted by atomic mass is 10.1. The molecule has 3 aromatic rings. The molecule has 1 aromatic heterocycles. The number of fused-ring (bicyclic) bond motifs is 1. The van der Waals surface area contributed by atoms with E-state index in [1.165, 1.54) is 0 Å². The van der Waals surface area contributed by atoms with E-state index in [9.17, 15) is 4.79 Å². The van der Waals surface area contributed by atoms with Gasteiger partial charge < -0.3 is 14.2 Å². The lowest BCUT2D eigenvalue weighted by Crippen LogP contribution is -2.30. The second kappa shape index (κ2) is 8.50. The Labute approximate surface area is 186 Å². The minimum Gasteiger partial charge on any atom is -0.492 e. The van der Waals surface area contributed by atoms with Gasteiger partial charge in [-0.05, 0) is 55.5 Å². The molecule has 1 amide bonds. The number of benzene rings is 2. The highest BCUT2D eigenvalue weighted by molar-refractivity contribution is 7.80. The second-order valence-electron chi connectivity index (χ2n) is 7.02. The number of ether oxygens (including phenoxy) is 1. The molecule has 0 N–H and O–H groups in total. The fraction of sp³-hybridized carbons (Fsp3) is 0.217. The van der Waals surface area contributed by atoms with Gasteiger partial charge in [0.25, 0.3) is 5.91 Å². The van der Waals surface area contributed by atoms with E-state index >= 15 is 0 Å². The third kappa shape index (κ3) is 3.80. The number of rotatable bonds is 6. The number of carbonyl (C=O) groups excluding carboxylic acids is 1. The van der Waals surface area contributed by atoms with E-state index in [2.05, 4.69) is 22.9 Å². The molecule has 0 atom stereocenters. The summed E-state index contributed by atoms with van der Waals surface area (Å²) in [4.78, 5) is 16.1. The molecule has 4 rings (SSSR count). The van der Waals surface area contributed by atoms with Crippen LogP contribution >= 0.6 is 23.8 Å². The van der Waals surface area contributed by atoms with Gasteiger partial charge in [-0.15, -0.1) is 0 Å². The Hall–Kier alpha value is -2.83. The molecule has 5 nitrogen and oxygen atoms in total. The Morgan fingerprint density at radius 2 is 1.87 bits per heavy atom. The van der Waals surface area contributed by atoms with E-state index in [-0.39, 0.29) is 5.91 Å². The van der Waals surface area contributed by atoms with E-state index < -0.39 is 0 Å². The maximum Gasteiger partial charge on any atom is 0.276 e. The van der Waals surface area contributed by atoms with Crippen LogP contribution in [-0.2, 0) is 11.3 Å². The number of hydrogen-bond acceptors (Lipinski definition) is 3. The van der Waals surface area contributed by atoms with Crippen LogP contribution in [-0.4, -0.2) is 45.6 Å². The van der Waals surface area contributed by atoms with Crippen LogP contribution in [0.5, 0.6) is 5.75 Å². The van der Waals surface area contributed by atoms with Gasteiger partial charge in [0.15, 0.2) is 5.11 Å². The molecule has 1 aliphatic rings. The van der Waals surface area contributed by atoms with E-state index in [1.54, 1.807) is 9.80 Å². The molecule has 154 valence electrons. The molecular formula is C23H22ClN3O2S. The van der Waals surface area contributed by atoms with Gasteiger partial charge in [-0.2, -0.15) is 0 Å². The predicted octanol–water partition coefficient (Wildman–Crippen LogP) is 4.79. The lowest BCUT2D eigenvalue weighted by Gasteiger charge is -2.13. The molecule has 1 fully saturated rings. The van der Waals surface area contributed by atoms with Crippen molar-refractivity contribution in [3.05, 3.63) is 71.0 Å². The minimum atomic E-state index is -0.0621. The smallest absolute Gasteiger partial charge is 0.276 e. The van der Waals surface area contributed by atoms with Crippen molar-refractivity contribution >= 4 is 51.8 Å². The van der Waals surface area contributed by atoms with Crippen LogP contribution in [0.3, 0.4) is 0 Å². The summed E-state index contributed by atoms with van der Waals surface area (Å²) >= 11 is 11.3. The van der Waals surface area contributed by atoms with E-state index in [0.29, 0.717) is 35.5 Å². The van der Waals surface area contributed by atoms with Gasteiger partial charge in [0.1, 0.15) is 18.1 Å². The summed E-state index contributed by atoms with van der Waals surface area (Å²) in [6.07, 6.45) is 3.98. The summed E-state index contributed by atoms with van der Waals surface area (Å²) in [5.41, 5.74) is 2.65. The zero-order valence-corrected chi connectivity index (χ0v) is 18.4. The standard InChI is InChI=1S/C23H22ClN3O2S/c1-3-27-22(28)21(25(2)23(27)30)14-16-15-26(20-7-5-4-6-19(16)20)12-13-29-18-10-8-17(24)9-11-18/h4-11,14-15H,3,12-13H2,1-2H3/b21-14+. The average molecular weight is 440 g/mol. The molecule has 1 saturated heterocycles. The highest BCUT2D eigenvalue weighted by Crippen LogP contribution is 2.27. The first-order valence-electron chi connectivity index (χ1n) is 9.77. The summed E-state index contributed by atoms with van der Waals surface area (Å²) in [6, 6.07) is 15.5. The molecule has 0 bridgehead atoms. The third-order valence-electron chi connectivity index (χ3n) is 5.19. The van der Waals surface area contributed by atoms with Crippen LogP contribution in [0.25, 0.3) is 17.0 Å². The van der Waals surface area contributed by atoms with Crippen LogP contribution in [0, 0.1) is 0 Å². The van der Waals surface area contributed by atoms with E-state index in [0.717, 1.165) is 22.2 Å². The number of halogens is 1. The maximum atomic E-state index is 12.7. The number of likely N-dealkylation sites (N-methyl/N-ethyl adjacent to an activating group) is 2. The number of para-hydroxylation sites is 1. The summed E-state index contributed by atoms with van der Waals surface area (Å²) in [5, 5.41) is 2.30. The summed E-state index contributed by atoms with van der Waals surface area (Å²) < 4.78 is 8.00. The highest BCUT2D eigenvalue weighted by Gasteiger charge is 2.34. The zero-order valence-electron chi connectivity index (χ0n) is 16.8. The Balaban J connectivity index is 1.60. The van der Waals surface area contributed by atoms with Crippen molar-refractivity contribution in [1.29, 1.82) is 0 Å². The molecule has 0 spiro atoms. The van der Waals surface area contributed by atoms with Gasteiger partial charge in [-0.1, -0.05) is 29.8 Å². The van der Waals surface area contributed by atoms with E-state index in [1.807, 2.05) is 56.4 Å². The summed E-state index contributed by atoms with van der Waals surface area (Å²) in [6.45, 7) is 3.68. The van der Waals surface area contributed by atoms with Crippen molar-refractivity contribution in [1.82, 2.24) is 14.4 Å². The Morgan fingerprint density at radius 1 is 1.13 bits per heavy atom. The normalized spacial score (nSPS) is 15.6. The number of hydrogen-bond donors (Lipinski definition) is 0. The topological polar surface area (TPSA) is 37.7 Å². The summed E-state index contributed by atoms with van der Waals surface area (Å²) in [7, 11) is 1.83. The van der Waals surface area contributed by atoms with Crippen molar-refractivity contribution in [2.24, 2.45) is 0 Å². The first-order chi connectivity index (χ1) is 14.5. The van der Waals surface area contributed by atoms with Gasteiger partial charge >= 0.3 is 0 Å². The van der Waals surface area contributed by atoms with E-state index in [4.69, 9.17) is 28.6 Å². The number of thiocarbonyl (C=S) groups is 1. The predicted molar refractivity (Wildman–Crippen MR) is 125 cm³/mol. The molecule has 2 heterocycles. The molecule has 1 aliphatic heterocycles. The number of nitrogens with zero attached hydrogens (tertiary/aromatic N) is 3. The minimum absolute atomic E-state index is 0.0621. The van der Waals surface area contributed by atoms with Crippen LogP contribution < -0.4 is 4.74 Å². The molecule has 0 radical (unpaired) electrons. The Morgan fingerprint density at radius 3 is 2.57 bits per heavy atom. The lowest BCUT2D eigenvalue weighted by molar-refractivity contribution is -0.122. The van der Waals surface area contributed by atoms with Gasteiger partial charge in [0.2, 0.25) is 0 Å².